The Labute approximate surface area is 252 Å². The number of carbonyl (C=O) groups is 2. The Hall–Kier alpha value is -3.56. The standard InChI is InChI=1S/C34H43F2N3O4/c1-4-12-39(13-5-2)33(42)26-17-23(3)16-25(18-26)32(41)37-29(22-34(43)20-27(35)19-28(36)21-34)31(40)11-15-38-14-10-24-8-6-7-9-30(24)38/h6-9,16-20,29,31,40,43H,4-5,10-15,21-22H2,1-3H3,(H,37,41)/t29-,31-,34?/m0/s1. The van der Waals surface area contributed by atoms with Gasteiger partial charge in [0, 0.05) is 61.9 Å². The first kappa shape index (κ1) is 32.4. The van der Waals surface area contributed by atoms with Crippen LogP contribution in [-0.4, -0.2) is 70.9 Å². The van der Waals surface area contributed by atoms with E-state index in [1.165, 1.54) is 11.6 Å². The molecule has 3 atom stereocenters. The lowest BCUT2D eigenvalue weighted by Crippen LogP contribution is -2.49. The summed E-state index contributed by atoms with van der Waals surface area (Å²) in [5.74, 6) is -2.44. The molecule has 43 heavy (non-hydrogen) atoms. The number of benzene rings is 2. The van der Waals surface area contributed by atoms with E-state index in [0.29, 0.717) is 25.2 Å². The highest BCUT2D eigenvalue weighted by Gasteiger charge is 2.37. The molecule has 4 rings (SSSR count). The van der Waals surface area contributed by atoms with Crippen LogP contribution in [0.1, 0.15) is 77.8 Å². The third kappa shape index (κ3) is 8.30. The maximum Gasteiger partial charge on any atom is 0.253 e. The number of nitrogens with zero attached hydrogens (tertiary/aromatic N) is 2. The zero-order valence-electron chi connectivity index (χ0n) is 25.3. The van der Waals surface area contributed by atoms with E-state index in [1.807, 2.05) is 32.0 Å². The number of rotatable bonds is 13. The van der Waals surface area contributed by atoms with Gasteiger partial charge in [-0.05, 0) is 74.1 Å². The molecule has 2 amide bonds. The Balaban J connectivity index is 1.55. The van der Waals surface area contributed by atoms with Crippen LogP contribution >= 0.6 is 0 Å². The van der Waals surface area contributed by atoms with Gasteiger partial charge in [0.2, 0.25) is 0 Å². The Morgan fingerprint density at radius 3 is 2.49 bits per heavy atom. The molecule has 1 aliphatic carbocycles. The maximum absolute atomic E-state index is 14.2. The van der Waals surface area contributed by atoms with E-state index in [-0.39, 0.29) is 24.3 Å². The van der Waals surface area contributed by atoms with Gasteiger partial charge in [0.1, 0.15) is 11.7 Å². The predicted octanol–water partition coefficient (Wildman–Crippen LogP) is 5.40. The molecule has 7 nitrogen and oxygen atoms in total. The number of para-hydroxylation sites is 1. The van der Waals surface area contributed by atoms with Crippen molar-refractivity contribution >= 4 is 17.5 Å². The minimum absolute atomic E-state index is 0.164. The lowest BCUT2D eigenvalue weighted by molar-refractivity contribution is 0.0275. The second-order valence-corrected chi connectivity index (χ2v) is 11.8. The molecule has 0 saturated heterocycles. The summed E-state index contributed by atoms with van der Waals surface area (Å²) in [6.07, 6.45) is 2.51. The van der Waals surface area contributed by atoms with E-state index >= 15 is 0 Å². The Morgan fingerprint density at radius 1 is 1.09 bits per heavy atom. The average Bonchev–Trinajstić information content (AvgIpc) is 3.37. The molecule has 0 spiro atoms. The van der Waals surface area contributed by atoms with Crippen molar-refractivity contribution in [3.8, 4) is 0 Å². The van der Waals surface area contributed by atoms with Gasteiger partial charge in [-0.25, -0.2) is 8.78 Å². The molecule has 0 radical (unpaired) electrons. The first-order chi connectivity index (χ1) is 20.5. The summed E-state index contributed by atoms with van der Waals surface area (Å²) >= 11 is 0. The lowest BCUT2D eigenvalue weighted by atomic mass is 9.85. The van der Waals surface area contributed by atoms with Crippen LogP contribution in [0.15, 0.2) is 66.3 Å². The molecule has 1 unspecified atom stereocenters. The number of fused-ring (bicyclic) bond motifs is 1. The SMILES string of the molecule is CCCN(CCC)C(=O)c1cc(C)cc(C(=O)N[C@@H](CC2(O)C=C(F)C=C(F)C2)[C@@H](O)CCN2CCc3ccccc32)c1. The summed E-state index contributed by atoms with van der Waals surface area (Å²) in [4.78, 5) is 30.8. The average molecular weight is 596 g/mol. The van der Waals surface area contributed by atoms with Gasteiger partial charge in [-0.15, -0.1) is 0 Å². The molecule has 0 saturated carbocycles. The number of aliphatic hydroxyl groups is 2. The van der Waals surface area contributed by atoms with Crippen molar-refractivity contribution in [2.24, 2.45) is 0 Å². The van der Waals surface area contributed by atoms with E-state index < -0.39 is 41.7 Å². The van der Waals surface area contributed by atoms with E-state index in [0.717, 1.165) is 49.2 Å². The lowest BCUT2D eigenvalue weighted by Gasteiger charge is -2.34. The zero-order chi connectivity index (χ0) is 31.1. The topological polar surface area (TPSA) is 93.1 Å². The minimum atomic E-state index is -1.93. The van der Waals surface area contributed by atoms with Gasteiger partial charge in [0.15, 0.2) is 0 Å². The smallest absolute Gasteiger partial charge is 0.253 e. The van der Waals surface area contributed by atoms with Gasteiger partial charge in [0.05, 0.1) is 17.7 Å². The third-order valence-corrected chi connectivity index (χ3v) is 8.07. The fourth-order valence-corrected chi connectivity index (χ4v) is 6.09. The van der Waals surface area contributed by atoms with E-state index in [4.69, 9.17) is 0 Å². The molecule has 2 aromatic carbocycles. The summed E-state index contributed by atoms with van der Waals surface area (Å²) in [6.45, 7) is 8.30. The molecule has 232 valence electrons. The fourth-order valence-electron chi connectivity index (χ4n) is 6.09. The highest BCUT2D eigenvalue weighted by Crippen LogP contribution is 2.33. The zero-order valence-corrected chi connectivity index (χ0v) is 25.3. The monoisotopic (exact) mass is 595 g/mol. The largest absolute Gasteiger partial charge is 0.391 e. The summed E-state index contributed by atoms with van der Waals surface area (Å²) in [5.41, 5.74) is 1.72. The quantitative estimate of drug-likeness (QED) is 0.288. The number of halogens is 2. The number of amides is 2. The molecule has 0 fully saturated rings. The first-order valence-electron chi connectivity index (χ1n) is 15.2. The van der Waals surface area contributed by atoms with Crippen LogP contribution in [0.25, 0.3) is 0 Å². The van der Waals surface area contributed by atoms with Crippen LogP contribution in [0.3, 0.4) is 0 Å². The predicted molar refractivity (Wildman–Crippen MR) is 164 cm³/mol. The molecule has 0 bridgehead atoms. The van der Waals surface area contributed by atoms with Crippen LogP contribution in [0.5, 0.6) is 0 Å². The van der Waals surface area contributed by atoms with Crippen molar-refractivity contribution in [1.29, 1.82) is 0 Å². The highest BCUT2D eigenvalue weighted by atomic mass is 19.1. The van der Waals surface area contributed by atoms with Crippen molar-refractivity contribution in [3.05, 3.63) is 88.5 Å². The van der Waals surface area contributed by atoms with E-state index in [9.17, 15) is 28.6 Å². The number of aryl methyl sites for hydroxylation is 1. The second kappa shape index (κ2) is 14.3. The molecule has 2 aromatic rings. The molecule has 0 aromatic heterocycles. The van der Waals surface area contributed by atoms with Crippen molar-refractivity contribution < 1.29 is 28.6 Å². The summed E-state index contributed by atoms with van der Waals surface area (Å²) in [6, 6.07) is 11.9. The number of allylic oxidation sites excluding steroid dienone is 2. The van der Waals surface area contributed by atoms with Gasteiger partial charge in [-0.3, -0.25) is 9.59 Å². The first-order valence-corrected chi connectivity index (χ1v) is 15.2. The molecular formula is C34H43F2N3O4. The molecule has 9 heteroatoms. The van der Waals surface area contributed by atoms with E-state index in [2.05, 4.69) is 16.3 Å². The second-order valence-electron chi connectivity index (χ2n) is 11.8. The van der Waals surface area contributed by atoms with Crippen LogP contribution in [0.4, 0.5) is 14.5 Å². The van der Waals surface area contributed by atoms with Crippen molar-refractivity contribution in [2.45, 2.75) is 77.0 Å². The fraction of sp³-hybridized carbons (Fsp3) is 0.471. The maximum atomic E-state index is 14.2. The normalized spacial score (nSPS) is 19.3. The highest BCUT2D eigenvalue weighted by molar-refractivity contribution is 6.00. The van der Waals surface area contributed by atoms with Crippen LogP contribution < -0.4 is 10.2 Å². The molecule has 2 aliphatic rings. The van der Waals surface area contributed by atoms with Crippen LogP contribution in [-0.2, 0) is 6.42 Å². The minimum Gasteiger partial charge on any atom is -0.391 e. The van der Waals surface area contributed by atoms with Gasteiger partial charge < -0.3 is 25.3 Å². The van der Waals surface area contributed by atoms with Gasteiger partial charge in [-0.1, -0.05) is 32.0 Å². The Kier molecular flexibility index (Phi) is 10.7. The summed E-state index contributed by atoms with van der Waals surface area (Å²) in [7, 11) is 0. The van der Waals surface area contributed by atoms with Gasteiger partial charge in [-0.2, -0.15) is 0 Å². The number of anilines is 1. The van der Waals surface area contributed by atoms with Gasteiger partial charge in [0.25, 0.3) is 11.8 Å². The summed E-state index contributed by atoms with van der Waals surface area (Å²) < 4.78 is 28.3. The third-order valence-electron chi connectivity index (χ3n) is 8.07. The van der Waals surface area contributed by atoms with Gasteiger partial charge >= 0.3 is 0 Å². The number of aliphatic hydroxyl groups excluding tert-OH is 1. The number of nitrogens with one attached hydrogen (secondary N) is 1. The van der Waals surface area contributed by atoms with Crippen molar-refractivity contribution in [3.63, 3.8) is 0 Å². The van der Waals surface area contributed by atoms with Crippen LogP contribution in [0, 0.1) is 6.92 Å². The van der Waals surface area contributed by atoms with E-state index in [1.54, 1.807) is 24.0 Å². The summed E-state index contributed by atoms with van der Waals surface area (Å²) in [5, 5.41) is 25.3. The molecule has 1 heterocycles. The number of hydrogen-bond donors (Lipinski definition) is 3. The molecule has 3 N–H and O–H groups in total. The number of carbonyl (C=O) groups excluding carboxylic acids is 2. The Bertz CT molecular complexity index is 1370. The van der Waals surface area contributed by atoms with Crippen LogP contribution in [0.2, 0.25) is 0 Å². The van der Waals surface area contributed by atoms with Crippen molar-refractivity contribution in [1.82, 2.24) is 10.2 Å². The van der Waals surface area contributed by atoms with Crippen molar-refractivity contribution in [2.75, 3.05) is 31.1 Å². The molecular weight excluding hydrogens is 552 g/mol. The number of hydrogen-bond acceptors (Lipinski definition) is 5. The Morgan fingerprint density at radius 2 is 1.79 bits per heavy atom. The molecule has 1 aliphatic heterocycles.